The minimum absolute atomic E-state index is 0.0207. The van der Waals surface area contributed by atoms with E-state index in [1.165, 1.54) is 24.8 Å². The van der Waals surface area contributed by atoms with Gasteiger partial charge in [0.1, 0.15) is 6.54 Å². The molecule has 7 heteroatoms. The summed E-state index contributed by atoms with van der Waals surface area (Å²) in [6.07, 6.45) is 10.6. The Hall–Kier alpha value is -2.28. The normalized spacial score (nSPS) is 14.1. The van der Waals surface area contributed by atoms with Crippen molar-refractivity contribution in [3.8, 4) is 0 Å². The third-order valence-electron chi connectivity index (χ3n) is 7.20. The van der Waals surface area contributed by atoms with Gasteiger partial charge in [-0.25, -0.2) is 4.79 Å². The molecule has 1 aliphatic carbocycles. The second-order valence-corrected chi connectivity index (χ2v) is 11.7. The molecule has 204 valence electrons. The molecule has 0 atom stereocenters. The summed E-state index contributed by atoms with van der Waals surface area (Å²) >= 11 is 3.50. The van der Waals surface area contributed by atoms with E-state index in [-0.39, 0.29) is 24.5 Å². The van der Waals surface area contributed by atoms with E-state index < -0.39 is 0 Å². The summed E-state index contributed by atoms with van der Waals surface area (Å²) in [5, 5.41) is 3.22. The van der Waals surface area contributed by atoms with E-state index in [1.807, 2.05) is 11.0 Å². The van der Waals surface area contributed by atoms with Crippen molar-refractivity contribution in [3.63, 3.8) is 0 Å². The van der Waals surface area contributed by atoms with E-state index in [4.69, 9.17) is 0 Å². The predicted octanol–water partition coefficient (Wildman–Crippen LogP) is 6.82. The number of nitrogens with zero attached hydrogens (tertiary/aromatic N) is 3. The van der Waals surface area contributed by atoms with E-state index in [2.05, 4.69) is 83.1 Å². The van der Waals surface area contributed by atoms with Crippen LogP contribution in [-0.2, 0) is 17.9 Å². The van der Waals surface area contributed by atoms with Gasteiger partial charge in [-0.2, -0.15) is 0 Å². The van der Waals surface area contributed by atoms with E-state index >= 15 is 0 Å². The molecular weight excluding hydrogens is 528 g/mol. The molecule has 0 radical (unpaired) electrons. The largest absolute Gasteiger partial charge is 0.345 e. The van der Waals surface area contributed by atoms with Gasteiger partial charge in [0.15, 0.2) is 0 Å². The number of nitrogens with one attached hydrogen (secondary N) is 1. The summed E-state index contributed by atoms with van der Waals surface area (Å²) in [4.78, 5) is 30.5. The van der Waals surface area contributed by atoms with E-state index in [1.54, 1.807) is 4.90 Å². The molecule has 0 spiro atoms. The lowest BCUT2D eigenvalue weighted by Gasteiger charge is -2.31. The first-order chi connectivity index (χ1) is 17.9. The van der Waals surface area contributed by atoms with Crippen LogP contribution in [0.2, 0.25) is 0 Å². The van der Waals surface area contributed by atoms with Crippen LogP contribution in [0.3, 0.4) is 0 Å². The molecular formula is C30H45BrN4O2. The summed E-state index contributed by atoms with van der Waals surface area (Å²) in [7, 11) is 0. The fraction of sp³-hybridized carbons (Fsp3) is 0.600. The highest BCUT2D eigenvalue weighted by atomic mass is 79.9. The highest BCUT2D eigenvalue weighted by Gasteiger charge is 2.24. The van der Waals surface area contributed by atoms with Crippen LogP contribution in [0.15, 0.2) is 47.1 Å². The number of benzene rings is 1. The Morgan fingerprint density at radius 3 is 2.46 bits per heavy atom. The molecule has 1 saturated carbocycles. The van der Waals surface area contributed by atoms with Crippen LogP contribution in [0.5, 0.6) is 0 Å². The fourth-order valence-electron chi connectivity index (χ4n) is 4.81. The molecule has 0 bridgehead atoms. The van der Waals surface area contributed by atoms with Gasteiger partial charge in [-0.1, -0.05) is 74.5 Å². The predicted molar refractivity (Wildman–Crippen MR) is 154 cm³/mol. The van der Waals surface area contributed by atoms with Crippen LogP contribution in [0.25, 0.3) is 0 Å². The van der Waals surface area contributed by atoms with Gasteiger partial charge in [-0.15, -0.1) is 0 Å². The molecule has 0 unspecified atom stereocenters. The van der Waals surface area contributed by atoms with Crippen molar-refractivity contribution in [1.29, 1.82) is 0 Å². The number of halogens is 1. The summed E-state index contributed by atoms with van der Waals surface area (Å²) in [6.45, 7) is 9.19. The second kappa shape index (κ2) is 15.2. The molecule has 0 saturated heterocycles. The zero-order chi connectivity index (χ0) is 26.6. The van der Waals surface area contributed by atoms with Gasteiger partial charge in [0.2, 0.25) is 5.91 Å². The van der Waals surface area contributed by atoms with Crippen LogP contribution >= 0.6 is 15.9 Å². The topological polar surface area (TPSA) is 57.6 Å². The van der Waals surface area contributed by atoms with E-state index in [0.717, 1.165) is 48.8 Å². The zero-order valence-electron chi connectivity index (χ0n) is 22.9. The summed E-state index contributed by atoms with van der Waals surface area (Å²) in [5.41, 5.74) is 2.32. The average Bonchev–Trinajstić information content (AvgIpc) is 3.32. The highest BCUT2D eigenvalue weighted by molar-refractivity contribution is 9.10. The quantitative estimate of drug-likeness (QED) is 0.286. The Morgan fingerprint density at radius 2 is 1.78 bits per heavy atom. The smallest absolute Gasteiger partial charge is 0.318 e. The van der Waals surface area contributed by atoms with Crippen molar-refractivity contribution in [2.45, 2.75) is 91.3 Å². The monoisotopic (exact) mass is 572 g/mol. The molecule has 6 nitrogen and oxygen atoms in total. The summed E-state index contributed by atoms with van der Waals surface area (Å²) in [6, 6.07) is 12.6. The van der Waals surface area contributed by atoms with Crippen molar-refractivity contribution >= 4 is 27.9 Å². The molecule has 1 aliphatic rings. The van der Waals surface area contributed by atoms with Gasteiger partial charge in [-0.05, 0) is 61.4 Å². The number of carbonyl (C=O) groups is 2. The average molecular weight is 574 g/mol. The second-order valence-electron chi connectivity index (χ2n) is 10.8. The Morgan fingerprint density at radius 1 is 1.05 bits per heavy atom. The molecule has 0 aliphatic heterocycles. The maximum absolute atomic E-state index is 13.6. The molecule has 2 aromatic rings. The minimum Gasteiger partial charge on any atom is -0.345 e. The molecule has 3 rings (SSSR count). The number of amides is 3. The Balaban J connectivity index is 1.69. The van der Waals surface area contributed by atoms with Gasteiger partial charge >= 0.3 is 6.03 Å². The molecule has 1 fully saturated rings. The Kier molecular flexibility index (Phi) is 12.0. The van der Waals surface area contributed by atoms with Crippen molar-refractivity contribution in [3.05, 3.63) is 58.3 Å². The number of carbonyl (C=O) groups excluding carboxylic acids is 2. The van der Waals surface area contributed by atoms with Gasteiger partial charge in [-0.3, -0.25) is 4.79 Å². The van der Waals surface area contributed by atoms with E-state index in [0.29, 0.717) is 25.6 Å². The van der Waals surface area contributed by atoms with Crippen LogP contribution in [0.4, 0.5) is 4.79 Å². The third-order valence-corrected chi connectivity index (χ3v) is 7.73. The fourth-order valence-corrected chi connectivity index (χ4v) is 5.08. The lowest BCUT2D eigenvalue weighted by atomic mass is 9.96. The van der Waals surface area contributed by atoms with Crippen molar-refractivity contribution in [2.24, 2.45) is 5.92 Å². The van der Waals surface area contributed by atoms with Crippen molar-refractivity contribution < 1.29 is 9.59 Å². The molecule has 1 heterocycles. The Bertz CT molecular complexity index is 966. The lowest BCUT2D eigenvalue weighted by Crippen LogP contribution is -2.50. The SMILES string of the molecule is CCCCN(Cc1cccn1Cc1ccc(Br)cc1)C(=O)CN(CCC(C)C)C(=O)NC1CCCCC1. The maximum atomic E-state index is 13.6. The number of rotatable bonds is 13. The molecule has 1 aromatic carbocycles. The summed E-state index contributed by atoms with van der Waals surface area (Å²) in [5.74, 6) is 0.491. The van der Waals surface area contributed by atoms with Crippen molar-refractivity contribution in [1.82, 2.24) is 19.7 Å². The first kappa shape index (κ1) is 29.3. The van der Waals surface area contributed by atoms with Gasteiger partial charge in [0, 0.05) is 42.0 Å². The van der Waals surface area contributed by atoms with Crippen LogP contribution in [0, 0.1) is 5.92 Å². The van der Waals surface area contributed by atoms with Crippen LogP contribution < -0.4 is 5.32 Å². The number of hydrogen-bond donors (Lipinski definition) is 1. The first-order valence-electron chi connectivity index (χ1n) is 14.1. The van der Waals surface area contributed by atoms with Crippen LogP contribution in [0.1, 0.15) is 83.4 Å². The minimum atomic E-state index is -0.0880. The molecule has 37 heavy (non-hydrogen) atoms. The first-order valence-corrected chi connectivity index (χ1v) is 14.9. The van der Waals surface area contributed by atoms with Gasteiger partial charge in [0.25, 0.3) is 0 Å². The lowest BCUT2D eigenvalue weighted by molar-refractivity contribution is -0.132. The number of unbranched alkanes of at least 4 members (excludes halogenated alkanes) is 1. The van der Waals surface area contributed by atoms with Crippen molar-refractivity contribution in [2.75, 3.05) is 19.6 Å². The number of aromatic nitrogens is 1. The molecule has 3 amide bonds. The standard InChI is InChI=1S/C30H45BrN4O2/c1-4-5-18-34(22-28-12-9-19-33(28)21-25-13-15-26(31)16-14-25)29(36)23-35(20-17-24(2)3)30(37)32-27-10-7-6-8-11-27/h9,12-16,19,24,27H,4-8,10-11,17-18,20-23H2,1-3H3,(H,32,37). The number of urea groups is 1. The number of hydrogen-bond acceptors (Lipinski definition) is 2. The molecule has 1 N–H and O–H groups in total. The zero-order valence-corrected chi connectivity index (χ0v) is 24.5. The highest BCUT2D eigenvalue weighted by Crippen LogP contribution is 2.18. The molecule has 1 aromatic heterocycles. The summed E-state index contributed by atoms with van der Waals surface area (Å²) < 4.78 is 3.27. The van der Waals surface area contributed by atoms with E-state index in [9.17, 15) is 9.59 Å². The van der Waals surface area contributed by atoms with Gasteiger partial charge < -0.3 is 19.7 Å². The Labute approximate surface area is 231 Å². The van der Waals surface area contributed by atoms with Gasteiger partial charge in [0.05, 0.1) is 6.54 Å². The third kappa shape index (κ3) is 9.84. The van der Waals surface area contributed by atoms with Crippen LogP contribution in [-0.4, -0.2) is 52.0 Å². The maximum Gasteiger partial charge on any atom is 0.318 e.